The number of rotatable bonds is 1. The number of benzene rings is 1. The van der Waals surface area contributed by atoms with E-state index in [1.54, 1.807) is 11.8 Å². The van der Waals surface area contributed by atoms with Crippen molar-refractivity contribution in [2.45, 2.75) is 32.1 Å². The lowest BCUT2D eigenvalue weighted by Crippen LogP contribution is -2.35. The Morgan fingerprint density at radius 1 is 1.10 bits per heavy atom. The summed E-state index contributed by atoms with van der Waals surface area (Å²) in [6.07, 6.45) is 6.33. The molecule has 0 amide bonds. The number of nitrogens with zero attached hydrogens (tertiary/aromatic N) is 1. The van der Waals surface area contributed by atoms with Crippen LogP contribution in [0.5, 0.6) is 0 Å². The number of nitrogens with one attached hydrogen (secondary N) is 1. The Labute approximate surface area is 122 Å². The first-order valence-corrected chi connectivity index (χ1v) is 8.05. The highest BCUT2D eigenvalue weighted by molar-refractivity contribution is 8.14. The molecule has 1 aliphatic carbocycles. The van der Waals surface area contributed by atoms with Crippen LogP contribution in [0.3, 0.4) is 0 Å². The van der Waals surface area contributed by atoms with Crippen molar-refractivity contribution in [1.82, 2.24) is 0 Å². The second-order valence-corrected chi connectivity index (χ2v) is 6.66. The number of para-hydroxylation sites is 1. The Balaban J connectivity index is 1.71. The molecule has 1 aromatic rings. The van der Waals surface area contributed by atoms with E-state index in [-0.39, 0.29) is 5.69 Å². The Morgan fingerprint density at radius 2 is 1.80 bits per heavy atom. The van der Waals surface area contributed by atoms with Gasteiger partial charge in [-0.25, -0.2) is 8.78 Å². The van der Waals surface area contributed by atoms with Gasteiger partial charge in [-0.05, 0) is 30.4 Å². The number of thioether (sulfide) groups is 1. The third-order valence-electron chi connectivity index (χ3n) is 4.18. The van der Waals surface area contributed by atoms with Gasteiger partial charge in [0.25, 0.3) is 0 Å². The summed E-state index contributed by atoms with van der Waals surface area (Å²) in [5.41, 5.74) is 0.223. The topological polar surface area (TPSA) is 24.4 Å². The zero-order chi connectivity index (χ0) is 14.0. The van der Waals surface area contributed by atoms with Gasteiger partial charge in [0.05, 0.1) is 0 Å². The quantitative estimate of drug-likeness (QED) is 0.829. The molecule has 108 valence electrons. The summed E-state index contributed by atoms with van der Waals surface area (Å²) >= 11 is 1.59. The second-order valence-electron chi connectivity index (χ2n) is 5.69. The average Bonchev–Trinajstić information content (AvgIpc) is 2.46. The van der Waals surface area contributed by atoms with E-state index in [0.29, 0.717) is 10.6 Å². The van der Waals surface area contributed by atoms with Gasteiger partial charge in [-0.1, -0.05) is 37.1 Å². The number of hydrogen-bond acceptors (Lipinski definition) is 3. The van der Waals surface area contributed by atoms with Crippen LogP contribution < -0.4 is 5.32 Å². The highest BCUT2D eigenvalue weighted by Crippen LogP contribution is 2.42. The zero-order valence-electron chi connectivity index (χ0n) is 11.3. The van der Waals surface area contributed by atoms with Crippen LogP contribution in [-0.2, 0) is 0 Å². The normalized spacial score (nSPS) is 21.6. The molecule has 0 unspecified atom stereocenters. The Bertz CT molecular complexity index is 504. The van der Waals surface area contributed by atoms with Crippen molar-refractivity contribution >= 4 is 22.6 Å². The Kier molecular flexibility index (Phi) is 3.96. The molecule has 1 N–H and O–H groups in total. The lowest BCUT2D eigenvalue weighted by Gasteiger charge is -2.38. The van der Waals surface area contributed by atoms with E-state index in [1.807, 2.05) is 0 Å². The van der Waals surface area contributed by atoms with Gasteiger partial charge in [-0.3, -0.25) is 4.99 Å². The van der Waals surface area contributed by atoms with E-state index in [4.69, 9.17) is 0 Å². The van der Waals surface area contributed by atoms with Crippen LogP contribution in [0.4, 0.5) is 14.5 Å². The lowest BCUT2D eigenvalue weighted by molar-refractivity contribution is 0.232. The summed E-state index contributed by atoms with van der Waals surface area (Å²) in [6, 6.07) is 3.87. The average molecular weight is 296 g/mol. The minimum absolute atomic E-state index is 0.0988. The molecule has 2 nitrogen and oxygen atoms in total. The molecule has 2 aliphatic rings. The van der Waals surface area contributed by atoms with E-state index in [1.165, 1.54) is 50.3 Å². The fraction of sp³-hybridized carbons (Fsp3) is 0.533. The molecule has 20 heavy (non-hydrogen) atoms. The van der Waals surface area contributed by atoms with Gasteiger partial charge in [0.2, 0.25) is 0 Å². The fourth-order valence-corrected chi connectivity index (χ4v) is 4.11. The maximum atomic E-state index is 13.6. The summed E-state index contributed by atoms with van der Waals surface area (Å²) in [4.78, 5) is 4.52. The van der Waals surface area contributed by atoms with Crippen molar-refractivity contribution in [2.24, 2.45) is 10.4 Å². The number of halogens is 2. The number of aliphatic imine (C=N–C) groups is 1. The van der Waals surface area contributed by atoms with Crippen molar-refractivity contribution in [2.75, 3.05) is 17.6 Å². The fourth-order valence-electron chi connectivity index (χ4n) is 2.96. The summed E-state index contributed by atoms with van der Waals surface area (Å²) in [5, 5.41) is 3.43. The predicted molar refractivity (Wildman–Crippen MR) is 80.3 cm³/mol. The Hall–Kier alpha value is -1.10. The van der Waals surface area contributed by atoms with Crippen molar-refractivity contribution < 1.29 is 8.78 Å². The second kappa shape index (κ2) is 5.72. The van der Waals surface area contributed by atoms with E-state index >= 15 is 0 Å². The van der Waals surface area contributed by atoms with Gasteiger partial charge in [0.15, 0.2) is 5.17 Å². The molecule has 0 bridgehead atoms. The first-order chi connectivity index (χ1) is 9.69. The van der Waals surface area contributed by atoms with Crippen molar-refractivity contribution in [3.63, 3.8) is 0 Å². The molecular formula is C15H18F2N2S. The number of amidine groups is 1. The molecule has 5 heteroatoms. The molecule has 0 radical (unpaired) electrons. The monoisotopic (exact) mass is 296 g/mol. The standard InChI is InChI=1S/C15H18F2N2S/c16-11-5-4-6-12(17)13(11)19-14-18-9-15(10-20-14)7-2-1-3-8-15/h4-6H,1-3,7-10H2,(H,18,19). The highest BCUT2D eigenvalue weighted by Gasteiger charge is 2.35. The summed E-state index contributed by atoms with van der Waals surface area (Å²) in [7, 11) is 0. The maximum Gasteiger partial charge on any atom is 0.161 e. The van der Waals surface area contributed by atoms with E-state index in [2.05, 4.69) is 10.3 Å². The van der Waals surface area contributed by atoms with E-state index in [0.717, 1.165) is 12.3 Å². The summed E-state index contributed by atoms with van der Waals surface area (Å²) < 4.78 is 27.2. The van der Waals surface area contributed by atoms with Crippen LogP contribution in [0.1, 0.15) is 32.1 Å². The smallest absolute Gasteiger partial charge is 0.161 e. The SMILES string of the molecule is Fc1cccc(F)c1NC1=NCC2(CCCCC2)CS1. The molecule has 1 spiro atoms. The molecular weight excluding hydrogens is 278 g/mol. The van der Waals surface area contributed by atoms with Crippen LogP contribution in [0.15, 0.2) is 23.2 Å². The third-order valence-corrected chi connectivity index (χ3v) is 5.44. The lowest BCUT2D eigenvalue weighted by atomic mass is 9.75. The zero-order valence-corrected chi connectivity index (χ0v) is 12.1. The van der Waals surface area contributed by atoms with Crippen LogP contribution >= 0.6 is 11.8 Å². The molecule has 3 rings (SSSR count). The van der Waals surface area contributed by atoms with Gasteiger partial charge in [0, 0.05) is 12.3 Å². The van der Waals surface area contributed by atoms with Crippen molar-refractivity contribution in [1.29, 1.82) is 0 Å². The first-order valence-electron chi connectivity index (χ1n) is 7.07. The molecule has 1 saturated carbocycles. The third kappa shape index (κ3) is 2.82. The number of anilines is 1. The van der Waals surface area contributed by atoms with Crippen LogP contribution in [0.25, 0.3) is 0 Å². The Morgan fingerprint density at radius 3 is 2.40 bits per heavy atom. The van der Waals surface area contributed by atoms with Gasteiger partial charge in [-0.2, -0.15) is 0 Å². The molecule has 0 aromatic heterocycles. The summed E-state index contributed by atoms with van der Waals surface area (Å²) in [6.45, 7) is 0.776. The van der Waals surface area contributed by atoms with Crippen molar-refractivity contribution in [3.8, 4) is 0 Å². The van der Waals surface area contributed by atoms with Crippen LogP contribution in [-0.4, -0.2) is 17.5 Å². The molecule has 1 fully saturated rings. The van der Waals surface area contributed by atoms with Gasteiger partial charge >= 0.3 is 0 Å². The molecule has 1 aliphatic heterocycles. The maximum absolute atomic E-state index is 13.6. The number of hydrogen-bond donors (Lipinski definition) is 1. The minimum Gasteiger partial charge on any atom is -0.330 e. The molecule has 1 heterocycles. The molecule has 0 saturated heterocycles. The molecule has 0 atom stereocenters. The van der Waals surface area contributed by atoms with E-state index < -0.39 is 11.6 Å². The van der Waals surface area contributed by atoms with Crippen LogP contribution in [0, 0.1) is 17.0 Å². The first kappa shape index (κ1) is 13.9. The predicted octanol–water partition coefficient (Wildman–Crippen LogP) is 4.43. The largest absolute Gasteiger partial charge is 0.330 e. The molecule has 1 aromatic carbocycles. The van der Waals surface area contributed by atoms with Crippen molar-refractivity contribution in [3.05, 3.63) is 29.8 Å². The van der Waals surface area contributed by atoms with Gasteiger partial charge in [0.1, 0.15) is 17.3 Å². The minimum atomic E-state index is -0.578. The van der Waals surface area contributed by atoms with Crippen LogP contribution in [0.2, 0.25) is 0 Å². The van der Waals surface area contributed by atoms with E-state index in [9.17, 15) is 8.78 Å². The summed E-state index contributed by atoms with van der Waals surface area (Å²) in [5.74, 6) is -0.160. The van der Waals surface area contributed by atoms with Gasteiger partial charge < -0.3 is 5.32 Å². The van der Waals surface area contributed by atoms with Gasteiger partial charge in [-0.15, -0.1) is 0 Å². The highest BCUT2D eigenvalue weighted by atomic mass is 32.2.